The molecule has 21 heavy (non-hydrogen) atoms. The molecule has 0 spiro atoms. The average Bonchev–Trinajstić information content (AvgIpc) is 2.53. The molecule has 0 unspecified atom stereocenters. The van der Waals surface area contributed by atoms with E-state index in [4.69, 9.17) is 0 Å². The van der Waals surface area contributed by atoms with Crippen LogP contribution in [0.4, 0.5) is 5.95 Å². The van der Waals surface area contributed by atoms with Crippen molar-refractivity contribution in [2.24, 2.45) is 0 Å². The lowest BCUT2D eigenvalue weighted by atomic mass is 10.3. The molecule has 2 aromatic rings. The van der Waals surface area contributed by atoms with Gasteiger partial charge in [0.05, 0.1) is 6.67 Å². The Morgan fingerprint density at radius 1 is 1.10 bits per heavy atom. The van der Waals surface area contributed by atoms with E-state index >= 15 is 0 Å². The largest absolute Gasteiger partial charge is 0.338 e. The third-order valence-corrected chi connectivity index (χ3v) is 3.98. The first-order chi connectivity index (χ1) is 10.2. The average molecular weight is 350 g/mol. The van der Waals surface area contributed by atoms with Crippen molar-refractivity contribution in [2.75, 3.05) is 31.1 Å². The van der Waals surface area contributed by atoms with E-state index < -0.39 is 0 Å². The van der Waals surface area contributed by atoms with E-state index in [1.54, 1.807) is 29.1 Å². The SMILES string of the molecule is O=c1ccc(Br)cn1CN1CCN(c2ncccn2)CC1. The van der Waals surface area contributed by atoms with E-state index in [-0.39, 0.29) is 5.56 Å². The smallest absolute Gasteiger partial charge is 0.251 e. The van der Waals surface area contributed by atoms with Crippen LogP contribution in [0, 0.1) is 0 Å². The van der Waals surface area contributed by atoms with Gasteiger partial charge in [0, 0.05) is 55.3 Å². The monoisotopic (exact) mass is 349 g/mol. The molecule has 0 bridgehead atoms. The Morgan fingerprint density at radius 3 is 2.52 bits per heavy atom. The van der Waals surface area contributed by atoms with Gasteiger partial charge in [-0.1, -0.05) is 0 Å². The van der Waals surface area contributed by atoms with Crippen LogP contribution in [0.5, 0.6) is 0 Å². The third-order valence-electron chi connectivity index (χ3n) is 3.51. The van der Waals surface area contributed by atoms with Crippen LogP contribution in [0.2, 0.25) is 0 Å². The molecule has 7 heteroatoms. The van der Waals surface area contributed by atoms with E-state index in [2.05, 4.69) is 35.7 Å². The second-order valence-electron chi connectivity index (χ2n) is 4.95. The first-order valence-electron chi connectivity index (χ1n) is 6.83. The highest BCUT2D eigenvalue weighted by Gasteiger charge is 2.18. The van der Waals surface area contributed by atoms with E-state index in [1.165, 1.54) is 0 Å². The maximum Gasteiger partial charge on any atom is 0.251 e. The standard InChI is InChI=1S/C14H16BrN5O/c15-12-2-3-13(21)20(10-12)11-18-6-8-19(9-7-18)14-16-4-1-5-17-14/h1-5,10H,6-9,11H2. The number of piperazine rings is 1. The van der Waals surface area contributed by atoms with Gasteiger partial charge in [-0.15, -0.1) is 0 Å². The number of hydrogen-bond acceptors (Lipinski definition) is 5. The van der Waals surface area contributed by atoms with Gasteiger partial charge in [-0.3, -0.25) is 9.69 Å². The summed E-state index contributed by atoms with van der Waals surface area (Å²) in [6.45, 7) is 4.12. The summed E-state index contributed by atoms with van der Waals surface area (Å²) >= 11 is 3.40. The molecular weight excluding hydrogens is 334 g/mol. The highest BCUT2D eigenvalue weighted by molar-refractivity contribution is 9.10. The van der Waals surface area contributed by atoms with Crippen molar-refractivity contribution in [1.29, 1.82) is 0 Å². The van der Waals surface area contributed by atoms with Gasteiger partial charge in [0.1, 0.15) is 0 Å². The molecule has 0 radical (unpaired) electrons. The number of anilines is 1. The van der Waals surface area contributed by atoms with Gasteiger partial charge in [0.15, 0.2) is 0 Å². The van der Waals surface area contributed by atoms with Crippen molar-refractivity contribution in [3.8, 4) is 0 Å². The van der Waals surface area contributed by atoms with Gasteiger partial charge in [0.25, 0.3) is 5.56 Å². The zero-order chi connectivity index (χ0) is 14.7. The van der Waals surface area contributed by atoms with Gasteiger partial charge in [-0.2, -0.15) is 0 Å². The normalized spacial score (nSPS) is 16.1. The minimum Gasteiger partial charge on any atom is -0.338 e. The van der Waals surface area contributed by atoms with Gasteiger partial charge in [-0.05, 0) is 28.1 Å². The Balaban J connectivity index is 1.61. The fourth-order valence-electron chi connectivity index (χ4n) is 2.37. The Kier molecular flexibility index (Phi) is 4.31. The number of rotatable bonds is 3. The maximum atomic E-state index is 11.8. The molecule has 110 valence electrons. The van der Waals surface area contributed by atoms with Crippen LogP contribution in [0.3, 0.4) is 0 Å². The lowest BCUT2D eigenvalue weighted by Gasteiger charge is -2.34. The lowest BCUT2D eigenvalue weighted by molar-refractivity contribution is 0.202. The minimum absolute atomic E-state index is 0.0204. The van der Waals surface area contributed by atoms with Crippen molar-refractivity contribution < 1.29 is 0 Å². The highest BCUT2D eigenvalue weighted by Crippen LogP contribution is 2.11. The van der Waals surface area contributed by atoms with Crippen LogP contribution in [0.15, 0.2) is 46.1 Å². The van der Waals surface area contributed by atoms with Crippen molar-refractivity contribution >= 4 is 21.9 Å². The Bertz CT molecular complexity index is 652. The van der Waals surface area contributed by atoms with Crippen LogP contribution < -0.4 is 10.5 Å². The van der Waals surface area contributed by atoms with E-state index in [0.29, 0.717) is 6.67 Å². The van der Waals surface area contributed by atoms with Gasteiger partial charge < -0.3 is 9.47 Å². The molecule has 1 aliphatic rings. The molecule has 0 saturated carbocycles. The van der Waals surface area contributed by atoms with Crippen molar-refractivity contribution in [3.63, 3.8) is 0 Å². The van der Waals surface area contributed by atoms with Gasteiger partial charge in [-0.25, -0.2) is 9.97 Å². The highest BCUT2D eigenvalue weighted by atomic mass is 79.9. The summed E-state index contributed by atoms with van der Waals surface area (Å²) in [7, 11) is 0. The topological polar surface area (TPSA) is 54.3 Å². The number of hydrogen-bond donors (Lipinski definition) is 0. The Labute approximate surface area is 131 Å². The van der Waals surface area contributed by atoms with Crippen LogP contribution >= 0.6 is 15.9 Å². The minimum atomic E-state index is 0.0204. The summed E-state index contributed by atoms with van der Waals surface area (Å²) in [5.41, 5.74) is 0.0204. The van der Waals surface area contributed by atoms with Crippen LogP contribution in [0.1, 0.15) is 0 Å². The molecule has 1 fully saturated rings. The van der Waals surface area contributed by atoms with E-state index in [9.17, 15) is 4.79 Å². The van der Waals surface area contributed by atoms with E-state index in [0.717, 1.165) is 36.6 Å². The predicted molar refractivity (Wildman–Crippen MR) is 84.2 cm³/mol. The van der Waals surface area contributed by atoms with Crippen molar-refractivity contribution in [3.05, 3.63) is 51.6 Å². The summed E-state index contributed by atoms with van der Waals surface area (Å²) < 4.78 is 2.64. The first kappa shape index (κ1) is 14.2. The molecular formula is C14H16BrN5O. The zero-order valence-electron chi connectivity index (χ0n) is 11.5. The van der Waals surface area contributed by atoms with E-state index in [1.807, 2.05) is 12.3 Å². The molecule has 1 aliphatic heterocycles. The summed E-state index contributed by atoms with van der Waals surface area (Å²) in [5, 5.41) is 0. The summed E-state index contributed by atoms with van der Waals surface area (Å²) in [4.78, 5) is 24.8. The number of pyridine rings is 1. The molecule has 0 atom stereocenters. The fraction of sp³-hybridized carbons (Fsp3) is 0.357. The molecule has 0 aromatic carbocycles. The Morgan fingerprint density at radius 2 is 1.81 bits per heavy atom. The van der Waals surface area contributed by atoms with Crippen LogP contribution in [-0.2, 0) is 6.67 Å². The van der Waals surface area contributed by atoms with Crippen LogP contribution in [0.25, 0.3) is 0 Å². The van der Waals surface area contributed by atoms with Gasteiger partial charge >= 0.3 is 0 Å². The second kappa shape index (κ2) is 6.36. The molecule has 6 nitrogen and oxygen atoms in total. The predicted octanol–water partition coefficient (Wildman–Crippen LogP) is 1.18. The molecule has 3 rings (SSSR count). The number of aromatic nitrogens is 3. The first-order valence-corrected chi connectivity index (χ1v) is 7.62. The number of nitrogens with zero attached hydrogens (tertiary/aromatic N) is 5. The quantitative estimate of drug-likeness (QED) is 0.832. The molecule has 0 amide bonds. The summed E-state index contributed by atoms with van der Waals surface area (Å²) in [6.07, 6.45) is 5.35. The third kappa shape index (κ3) is 3.48. The Hall–Kier alpha value is -1.73. The molecule has 1 saturated heterocycles. The van der Waals surface area contributed by atoms with Gasteiger partial charge in [0.2, 0.25) is 5.95 Å². The lowest BCUT2D eigenvalue weighted by Crippen LogP contribution is -2.48. The fourth-order valence-corrected chi connectivity index (χ4v) is 2.75. The maximum absolute atomic E-state index is 11.8. The van der Waals surface area contributed by atoms with Crippen molar-refractivity contribution in [2.45, 2.75) is 6.67 Å². The van der Waals surface area contributed by atoms with Crippen molar-refractivity contribution in [1.82, 2.24) is 19.4 Å². The molecule has 0 N–H and O–H groups in total. The molecule has 0 aliphatic carbocycles. The summed E-state index contributed by atoms with van der Waals surface area (Å²) in [6, 6.07) is 5.17. The van der Waals surface area contributed by atoms with Crippen LogP contribution in [-0.4, -0.2) is 45.6 Å². The second-order valence-corrected chi connectivity index (χ2v) is 5.87. The molecule has 3 heterocycles. The zero-order valence-corrected chi connectivity index (χ0v) is 13.1. The molecule has 2 aromatic heterocycles. The number of halogens is 1. The summed E-state index contributed by atoms with van der Waals surface area (Å²) in [5.74, 6) is 0.775.